The molecule has 1 rings (SSSR count). The van der Waals surface area contributed by atoms with Gasteiger partial charge in [-0.05, 0) is 36.7 Å². The summed E-state index contributed by atoms with van der Waals surface area (Å²) < 4.78 is 0. The summed E-state index contributed by atoms with van der Waals surface area (Å²) in [5.41, 5.74) is -0.694. The van der Waals surface area contributed by atoms with Crippen molar-refractivity contribution in [3.05, 3.63) is 33.7 Å². The van der Waals surface area contributed by atoms with Gasteiger partial charge in [-0.3, -0.25) is 0 Å². The monoisotopic (exact) mass is 242 g/mol. The van der Waals surface area contributed by atoms with Crippen molar-refractivity contribution in [1.29, 1.82) is 0 Å². The van der Waals surface area contributed by atoms with Crippen LogP contribution < -0.4 is 5.32 Å². The summed E-state index contributed by atoms with van der Waals surface area (Å²) in [6.07, 6.45) is 0.943. The highest BCUT2D eigenvalue weighted by Crippen LogP contribution is 2.31. The summed E-state index contributed by atoms with van der Waals surface area (Å²) in [5.74, 6) is 0. The number of aliphatic hydroxyl groups is 1. The normalized spacial score (nSPS) is 14.2. The van der Waals surface area contributed by atoms with Crippen LogP contribution in [0.3, 0.4) is 0 Å². The summed E-state index contributed by atoms with van der Waals surface area (Å²) >= 11 is 5.83. The minimum Gasteiger partial charge on any atom is -0.385 e. The van der Waals surface area contributed by atoms with E-state index < -0.39 is 5.72 Å². The van der Waals surface area contributed by atoms with Gasteiger partial charge in [-0.1, -0.05) is 18.5 Å². The van der Waals surface area contributed by atoms with Crippen molar-refractivity contribution >= 4 is 17.3 Å². The number of rotatable bonds is 5. The van der Waals surface area contributed by atoms with Crippen LogP contribution in [0.25, 0.3) is 0 Å². The average molecular weight is 243 g/mol. The zero-order valence-corrected chi connectivity index (χ0v) is 10.1. The second kappa shape index (κ2) is 5.27. The van der Waals surface area contributed by atoms with E-state index in [2.05, 4.69) is 10.5 Å². The smallest absolute Gasteiger partial charge is 0.222 e. The lowest BCUT2D eigenvalue weighted by molar-refractivity contribution is 0.0663. The Morgan fingerprint density at radius 1 is 1.56 bits per heavy atom. The SMILES string of the molecule is CCCNc1ccc(Cl)cc1C(C)(O)N=O. The van der Waals surface area contributed by atoms with Crippen molar-refractivity contribution in [3.63, 3.8) is 0 Å². The molecular weight excluding hydrogens is 228 g/mol. The number of nitrogens with one attached hydrogen (secondary N) is 1. The van der Waals surface area contributed by atoms with Crippen LogP contribution >= 0.6 is 11.6 Å². The Morgan fingerprint density at radius 2 is 2.25 bits per heavy atom. The Bertz CT molecular complexity index is 380. The number of nitroso groups, excluding NO2 is 1. The molecule has 2 N–H and O–H groups in total. The fourth-order valence-corrected chi connectivity index (χ4v) is 1.54. The molecule has 0 fully saturated rings. The van der Waals surface area contributed by atoms with Crippen molar-refractivity contribution in [2.75, 3.05) is 11.9 Å². The third-order valence-electron chi connectivity index (χ3n) is 2.24. The fourth-order valence-electron chi connectivity index (χ4n) is 1.37. The number of benzene rings is 1. The van der Waals surface area contributed by atoms with Crippen molar-refractivity contribution in [3.8, 4) is 0 Å². The Kier molecular flexibility index (Phi) is 4.26. The predicted octanol–water partition coefficient (Wildman–Crippen LogP) is 3.09. The largest absolute Gasteiger partial charge is 0.385 e. The van der Waals surface area contributed by atoms with Gasteiger partial charge in [-0.2, -0.15) is 0 Å². The minimum atomic E-state index is -1.76. The second-order valence-electron chi connectivity index (χ2n) is 3.73. The fraction of sp³-hybridized carbons (Fsp3) is 0.455. The van der Waals surface area contributed by atoms with Gasteiger partial charge in [0, 0.05) is 22.8 Å². The lowest BCUT2D eigenvalue weighted by Crippen LogP contribution is -2.19. The number of nitrogens with zero attached hydrogens (tertiary/aromatic N) is 1. The first-order valence-electron chi connectivity index (χ1n) is 5.12. The van der Waals surface area contributed by atoms with Gasteiger partial charge in [0.05, 0.1) is 0 Å². The van der Waals surface area contributed by atoms with Gasteiger partial charge in [0.2, 0.25) is 5.72 Å². The number of hydrogen-bond acceptors (Lipinski definition) is 4. The van der Waals surface area contributed by atoms with Gasteiger partial charge < -0.3 is 10.4 Å². The quantitative estimate of drug-likeness (QED) is 0.780. The van der Waals surface area contributed by atoms with E-state index in [9.17, 15) is 10.0 Å². The maximum atomic E-state index is 10.6. The highest BCUT2D eigenvalue weighted by molar-refractivity contribution is 6.30. The molecular formula is C11H15ClN2O2. The predicted molar refractivity (Wildman–Crippen MR) is 65.6 cm³/mol. The molecule has 0 saturated heterocycles. The van der Waals surface area contributed by atoms with E-state index in [1.54, 1.807) is 18.2 Å². The molecule has 0 spiro atoms. The van der Waals surface area contributed by atoms with Gasteiger partial charge in [0.25, 0.3) is 0 Å². The molecule has 0 aliphatic heterocycles. The molecule has 0 amide bonds. The van der Waals surface area contributed by atoms with Crippen LogP contribution in [0.5, 0.6) is 0 Å². The van der Waals surface area contributed by atoms with E-state index in [4.69, 9.17) is 11.6 Å². The zero-order valence-electron chi connectivity index (χ0n) is 9.33. The van der Waals surface area contributed by atoms with Gasteiger partial charge in [-0.25, -0.2) is 0 Å². The Hall–Kier alpha value is -1.13. The number of hydrogen-bond donors (Lipinski definition) is 2. The molecule has 1 unspecified atom stereocenters. The number of halogens is 1. The van der Waals surface area contributed by atoms with Crippen LogP contribution in [0.4, 0.5) is 5.69 Å². The maximum Gasteiger partial charge on any atom is 0.222 e. The zero-order chi connectivity index (χ0) is 12.2. The van der Waals surface area contributed by atoms with E-state index in [-0.39, 0.29) is 0 Å². The van der Waals surface area contributed by atoms with Crippen LogP contribution in [0.15, 0.2) is 23.4 Å². The Labute approximate surface area is 99.6 Å². The first-order valence-corrected chi connectivity index (χ1v) is 5.50. The van der Waals surface area contributed by atoms with E-state index >= 15 is 0 Å². The summed E-state index contributed by atoms with van der Waals surface area (Å²) in [6.45, 7) is 4.12. The molecule has 0 aliphatic rings. The molecule has 1 aromatic carbocycles. The van der Waals surface area contributed by atoms with Gasteiger partial charge in [-0.15, -0.1) is 4.91 Å². The molecule has 16 heavy (non-hydrogen) atoms. The van der Waals surface area contributed by atoms with Crippen molar-refractivity contribution < 1.29 is 5.11 Å². The van der Waals surface area contributed by atoms with Crippen molar-refractivity contribution in [2.45, 2.75) is 26.0 Å². The molecule has 0 aromatic heterocycles. The summed E-state index contributed by atoms with van der Waals surface area (Å²) in [5, 5.41) is 16.1. The lowest BCUT2D eigenvalue weighted by Gasteiger charge is -2.19. The van der Waals surface area contributed by atoms with Crippen LogP contribution in [-0.2, 0) is 5.72 Å². The molecule has 88 valence electrons. The standard InChI is InChI=1S/C11H15ClN2O2/c1-3-6-13-10-5-4-8(12)7-9(10)11(2,15)14-16/h4-5,7,13,15H,3,6H2,1-2H3. The summed E-state index contributed by atoms with van der Waals surface area (Å²) in [7, 11) is 0. The first-order chi connectivity index (χ1) is 7.51. The van der Waals surface area contributed by atoms with Crippen LogP contribution in [0, 0.1) is 4.91 Å². The molecule has 4 nitrogen and oxygen atoms in total. The highest BCUT2D eigenvalue weighted by atomic mass is 35.5. The van der Waals surface area contributed by atoms with Crippen molar-refractivity contribution in [1.82, 2.24) is 0 Å². The van der Waals surface area contributed by atoms with Crippen LogP contribution in [-0.4, -0.2) is 11.7 Å². The number of anilines is 1. The van der Waals surface area contributed by atoms with E-state index in [1.165, 1.54) is 6.92 Å². The highest BCUT2D eigenvalue weighted by Gasteiger charge is 2.27. The van der Waals surface area contributed by atoms with Crippen molar-refractivity contribution in [2.24, 2.45) is 5.18 Å². The van der Waals surface area contributed by atoms with Gasteiger partial charge in [0.15, 0.2) is 0 Å². The second-order valence-corrected chi connectivity index (χ2v) is 4.17. The maximum absolute atomic E-state index is 10.6. The topological polar surface area (TPSA) is 61.7 Å². The third kappa shape index (κ3) is 2.93. The molecule has 5 heteroatoms. The Morgan fingerprint density at radius 3 is 2.81 bits per heavy atom. The minimum absolute atomic E-state index is 0.392. The Balaban J connectivity index is 3.12. The molecule has 1 aromatic rings. The molecule has 0 heterocycles. The van der Waals surface area contributed by atoms with Gasteiger partial charge in [0.1, 0.15) is 0 Å². The van der Waals surface area contributed by atoms with Crippen LogP contribution in [0.2, 0.25) is 5.02 Å². The first kappa shape index (κ1) is 12.9. The molecule has 1 atom stereocenters. The van der Waals surface area contributed by atoms with E-state index in [0.717, 1.165) is 13.0 Å². The summed E-state index contributed by atoms with van der Waals surface area (Å²) in [4.78, 5) is 10.6. The summed E-state index contributed by atoms with van der Waals surface area (Å²) in [6, 6.07) is 4.97. The van der Waals surface area contributed by atoms with E-state index in [1.807, 2.05) is 6.92 Å². The van der Waals surface area contributed by atoms with Gasteiger partial charge >= 0.3 is 0 Å². The third-order valence-corrected chi connectivity index (χ3v) is 2.47. The molecule has 0 bridgehead atoms. The molecule has 0 radical (unpaired) electrons. The average Bonchev–Trinajstić information content (AvgIpc) is 2.27. The lowest BCUT2D eigenvalue weighted by atomic mass is 10.0. The van der Waals surface area contributed by atoms with Crippen LogP contribution in [0.1, 0.15) is 25.8 Å². The molecule has 0 saturated carbocycles. The van der Waals surface area contributed by atoms with E-state index in [0.29, 0.717) is 16.3 Å². The molecule has 0 aliphatic carbocycles.